The Morgan fingerprint density at radius 2 is 2.03 bits per heavy atom. The van der Waals surface area contributed by atoms with Crippen molar-refractivity contribution in [3.05, 3.63) is 47.1 Å². The van der Waals surface area contributed by atoms with Gasteiger partial charge in [-0.25, -0.2) is 9.78 Å². The number of H-pyrrole nitrogens is 1. The van der Waals surface area contributed by atoms with Crippen molar-refractivity contribution >= 4 is 40.7 Å². The number of thioether (sulfide) groups is 1. The maximum absolute atomic E-state index is 12.5. The van der Waals surface area contributed by atoms with E-state index in [0.29, 0.717) is 15.7 Å². The molecule has 0 spiro atoms. The Labute approximate surface area is 177 Å². The van der Waals surface area contributed by atoms with Crippen LogP contribution < -0.4 is 5.32 Å². The quantitative estimate of drug-likeness (QED) is 0.386. The van der Waals surface area contributed by atoms with Crippen LogP contribution >= 0.6 is 23.1 Å². The molecule has 0 saturated carbocycles. The van der Waals surface area contributed by atoms with E-state index in [9.17, 15) is 9.59 Å². The number of carbonyl (C=O) groups is 2. The fourth-order valence-corrected chi connectivity index (χ4v) is 4.21. The van der Waals surface area contributed by atoms with Crippen molar-refractivity contribution in [1.82, 2.24) is 15.2 Å². The van der Waals surface area contributed by atoms with E-state index in [0.717, 1.165) is 29.1 Å². The van der Waals surface area contributed by atoms with Gasteiger partial charge >= 0.3 is 5.97 Å². The first-order valence-electron chi connectivity index (χ1n) is 9.31. The summed E-state index contributed by atoms with van der Waals surface area (Å²) in [5.41, 5.74) is 1.43. The second-order valence-corrected chi connectivity index (χ2v) is 8.09. The van der Waals surface area contributed by atoms with Crippen LogP contribution in [0.25, 0.3) is 10.4 Å². The largest absolute Gasteiger partial charge is 0.462 e. The second-order valence-electron chi connectivity index (χ2n) is 6.09. The van der Waals surface area contributed by atoms with Crippen molar-refractivity contribution in [3.8, 4) is 10.4 Å². The fourth-order valence-electron chi connectivity index (χ4n) is 2.58. The number of aromatic amines is 1. The minimum absolute atomic E-state index is 0.141. The second kappa shape index (κ2) is 10.2. The normalized spacial score (nSPS) is 10.7. The zero-order chi connectivity index (χ0) is 20.6. The number of nitrogens with zero attached hydrogens (tertiary/aromatic N) is 2. The summed E-state index contributed by atoms with van der Waals surface area (Å²) in [7, 11) is 0. The number of amides is 1. The molecule has 0 radical (unpaired) electrons. The zero-order valence-corrected chi connectivity index (χ0v) is 17.9. The number of benzene rings is 1. The maximum Gasteiger partial charge on any atom is 0.350 e. The van der Waals surface area contributed by atoms with E-state index in [1.165, 1.54) is 23.1 Å². The van der Waals surface area contributed by atoms with Gasteiger partial charge in [0.05, 0.1) is 18.0 Å². The summed E-state index contributed by atoms with van der Waals surface area (Å²) in [5, 5.41) is 10.3. The van der Waals surface area contributed by atoms with E-state index in [1.54, 1.807) is 13.0 Å². The summed E-state index contributed by atoms with van der Waals surface area (Å²) in [6.07, 6.45) is 1.79. The molecule has 0 bridgehead atoms. The van der Waals surface area contributed by atoms with Crippen LogP contribution in [0.4, 0.5) is 5.69 Å². The number of ether oxygens (including phenoxy) is 1. The van der Waals surface area contributed by atoms with Crippen molar-refractivity contribution in [3.63, 3.8) is 0 Å². The summed E-state index contributed by atoms with van der Waals surface area (Å²) in [4.78, 5) is 30.4. The molecule has 29 heavy (non-hydrogen) atoms. The maximum atomic E-state index is 12.5. The molecule has 0 fully saturated rings. The molecule has 2 aromatic heterocycles. The van der Waals surface area contributed by atoms with E-state index in [1.807, 2.05) is 30.3 Å². The lowest BCUT2D eigenvalue weighted by Crippen LogP contribution is -2.16. The molecular weight excluding hydrogens is 408 g/mol. The van der Waals surface area contributed by atoms with Crippen LogP contribution in [0.5, 0.6) is 0 Å². The fraction of sp³-hybridized carbons (Fsp3) is 0.300. The lowest BCUT2D eigenvalue weighted by molar-refractivity contribution is -0.113. The Balaban J connectivity index is 1.71. The Bertz CT molecular complexity index is 969. The molecule has 0 aliphatic rings. The van der Waals surface area contributed by atoms with Crippen molar-refractivity contribution in [2.24, 2.45) is 0 Å². The highest BCUT2D eigenvalue weighted by Gasteiger charge is 2.20. The Kier molecular flexibility index (Phi) is 7.42. The highest BCUT2D eigenvalue weighted by Crippen LogP contribution is 2.35. The van der Waals surface area contributed by atoms with E-state index >= 15 is 0 Å². The topological polar surface area (TPSA) is 97.0 Å². The molecule has 0 atom stereocenters. The molecule has 3 rings (SSSR count). The third-order valence-corrected chi connectivity index (χ3v) is 5.87. The van der Waals surface area contributed by atoms with E-state index in [2.05, 4.69) is 27.4 Å². The Morgan fingerprint density at radius 1 is 1.24 bits per heavy atom. The van der Waals surface area contributed by atoms with Gasteiger partial charge in [-0.2, -0.15) is 0 Å². The highest BCUT2D eigenvalue weighted by molar-refractivity contribution is 7.99. The molecule has 0 unspecified atom stereocenters. The lowest BCUT2D eigenvalue weighted by atomic mass is 10.2. The van der Waals surface area contributed by atoms with Crippen LogP contribution in [0, 0.1) is 0 Å². The van der Waals surface area contributed by atoms with Crippen molar-refractivity contribution in [2.45, 2.75) is 31.8 Å². The van der Waals surface area contributed by atoms with Crippen LogP contribution in [0.2, 0.25) is 0 Å². The van der Waals surface area contributed by atoms with Crippen LogP contribution in [-0.2, 0) is 16.0 Å². The zero-order valence-electron chi connectivity index (χ0n) is 16.2. The number of rotatable bonds is 9. The molecule has 0 saturated heterocycles. The van der Waals surface area contributed by atoms with Gasteiger partial charge in [-0.05, 0) is 25.0 Å². The number of thiophene rings is 1. The standard InChI is InChI=1S/C20H22N4O3S2/c1-3-8-16-22-20(24-23-16)28-12-17(25)21-14-11-15(13-9-6-5-7-10-13)29-18(14)19(26)27-4-2/h5-7,9-11H,3-4,8,12H2,1-2H3,(H,21,25)(H,22,23,24). The molecule has 2 heterocycles. The lowest BCUT2D eigenvalue weighted by Gasteiger charge is -2.05. The van der Waals surface area contributed by atoms with Gasteiger partial charge in [-0.1, -0.05) is 49.0 Å². The minimum atomic E-state index is -0.444. The average Bonchev–Trinajstić information content (AvgIpc) is 3.35. The molecular formula is C20H22N4O3S2. The molecule has 1 aromatic carbocycles. The van der Waals surface area contributed by atoms with E-state index < -0.39 is 5.97 Å². The third kappa shape index (κ3) is 5.68. The van der Waals surface area contributed by atoms with Crippen LogP contribution in [0.1, 0.15) is 35.8 Å². The number of anilines is 1. The van der Waals surface area contributed by atoms with Crippen molar-refractivity contribution in [2.75, 3.05) is 17.7 Å². The van der Waals surface area contributed by atoms with Crippen LogP contribution in [0.3, 0.4) is 0 Å². The molecule has 0 aliphatic heterocycles. The van der Waals surface area contributed by atoms with Gasteiger partial charge in [0.2, 0.25) is 11.1 Å². The van der Waals surface area contributed by atoms with Gasteiger partial charge in [0, 0.05) is 11.3 Å². The van der Waals surface area contributed by atoms with Crippen LogP contribution in [-0.4, -0.2) is 39.4 Å². The first kappa shape index (κ1) is 21.1. The molecule has 1 amide bonds. The Hall–Kier alpha value is -2.65. The van der Waals surface area contributed by atoms with Crippen molar-refractivity contribution in [1.29, 1.82) is 0 Å². The minimum Gasteiger partial charge on any atom is -0.462 e. The summed E-state index contributed by atoms with van der Waals surface area (Å²) < 4.78 is 5.15. The van der Waals surface area contributed by atoms with Gasteiger partial charge in [0.25, 0.3) is 0 Å². The smallest absolute Gasteiger partial charge is 0.350 e. The van der Waals surface area contributed by atoms with Gasteiger partial charge < -0.3 is 10.1 Å². The molecule has 2 N–H and O–H groups in total. The SMILES string of the molecule is CCCc1nc(SCC(=O)Nc2cc(-c3ccccc3)sc2C(=O)OCC)n[nH]1. The summed E-state index contributed by atoms with van der Waals surface area (Å²) >= 11 is 2.54. The summed E-state index contributed by atoms with van der Waals surface area (Å²) in [6, 6.07) is 11.5. The van der Waals surface area contributed by atoms with Gasteiger partial charge in [-0.15, -0.1) is 16.4 Å². The average molecular weight is 431 g/mol. The predicted molar refractivity (Wildman–Crippen MR) is 115 cm³/mol. The summed E-state index contributed by atoms with van der Waals surface area (Å²) in [5.74, 6) is 0.272. The Morgan fingerprint density at radius 3 is 2.76 bits per heavy atom. The molecule has 7 nitrogen and oxygen atoms in total. The number of hydrogen-bond acceptors (Lipinski definition) is 7. The first-order valence-corrected chi connectivity index (χ1v) is 11.1. The van der Waals surface area contributed by atoms with Crippen molar-refractivity contribution < 1.29 is 14.3 Å². The highest BCUT2D eigenvalue weighted by atomic mass is 32.2. The number of aryl methyl sites for hydroxylation is 1. The van der Waals surface area contributed by atoms with Gasteiger partial charge in [-0.3, -0.25) is 9.89 Å². The number of nitrogens with one attached hydrogen (secondary N) is 2. The summed E-state index contributed by atoms with van der Waals surface area (Å²) in [6.45, 7) is 4.09. The molecule has 152 valence electrons. The number of aromatic nitrogens is 3. The molecule has 0 aliphatic carbocycles. The number of carbonyl (C=O) groups excluding carboxylic acids is 2. The third-order valence-electron chi connectivity index (χ3n) is 3.86. The number of esters is 1. The van der Waals surface area contributed by atoms with E-state index in [-0.39, 0.29) is 18.3 Å². The monoisotopic (exact) mass is 430 g/mol. The van der Waals surface area contributed by atoms with Crippen LogP contribution in [0.15, 0.2) is 41.6 Å². The molecule has 3 aromatic rings. The first-order chi connectivity index (χ1) is 14.1. The van der Waals surface area contributed by atoms with Gasteiger partial charge in [0.1, 0.15) is 10.7 Å². The van der Waals surface area contributed by atoms with Gasteiger partial charge in [0.15, 0.2) is 0 Å². The number of hydrogen-bond donors (Lipinski definition) is 2. The van der Waals surface area contributed by atoms with E-state index in [4.69, 9.17) is 4.74 Å². The molecule has 9 heteroatoms. The predicted octanol–water partition coefficient (Wildman–Crippen LogP) is 4.39.